The van der Waals surface area contributed by atoms with E-state index in [2.05, 4.69) is 59.8 Å². The predicted molar refractivity (Wildman–Crippen MR) is 86.3 cm³/mol. The molecule has 0 spiro atoms. The van der Waals surface area contributed by atoms with E-state index in [-0.39, 0.29) is 0 Å². The van der Waals surface area contributed by atoms with Crippen LogP contribution in [0.15, 0.2) is 47.8 Å². The van der Waals surface area contributed by atoms with Crippen molar-refractivity contribution >= 4 is 32.5 Å². The lowest BCUT2D eigenvalue weighted by molar-refractivity contribution is 1.14. The van der Waals surface area contributed by atoms with Crippen LogP contribution in [-0.2, 0) is 6.42 Å². The SMILES string of the molecule is CCc1ccc2nc(-c3csc4ccccc34)[nH]c2c1. The Hall–Kier alpha value is -2.13. The van der Waals surface area contributed by atoms with Gasteiger partial charge in [0.05, 0.1) is 11.0 Å². The van der Waals surface area contributed by atoms with Gasteiger partial charge in [0.1, 0.15) is 5.82 Å². The molecule has 0 bridgehead atoms. The number of H-pyrrole nitrogens is 1. The molecule has 0 radical (unpaired) electrons. The topological polar surface area (TPSA) is 28.7 Å². The number of hydrogen-bond acceptors (Lipinski definition) is 2. The number of fused-ring (bicyclic) bond motifs is 2. The van der Waals surface area contributed by atoms with Crippen molar-refractivity contribution in [3.63, 3.8) is 0 Å². The third-order valence-electron chi connectivity index (χ3n) is 3.69. The Morgan fingerprint density at radius 3 is 2.95 bits per heavy atom. The largest absolute Gasteiger partial charge is 0.338 e. The number of hydrogen-bond donors (Lipinski definition) is 1. The second-order valence-corrected chi connectivity index (χ2v) is 5.85. The maximum Gasteiger partial charge on any atom is 0.139 e. The van der Waals surface area contributed by atoms with Crippen molar-refractivity contribution in [2.75, 3.05) is 0 Å². The lowest BCUT2D eigenvalue weighted by Gasteiger charge is -1.94. The normalized spacial score (nSPS) is 11.4. The molecular formula is C17H14N2S. The van der Waals surface area contributed by atoms with Crippen molar-refractivity contribution in [2.24, 2.45) is 0 Å². The van der Waals surface area contributed by atoms with Crippen LogP contribution in [0.25, 0.3) is 32.5 Å². The highest BCUT2D eigenvalue weighted by molar-refractivity contribution is 7.17. The van der Waals surface area contributed by atoms with E-state index in [1.165, 1.54) is 21.2 Å². The summed E-state index contributed by atoms with van der Waals surface area (Å²) in [5.74, 6) is 0.964. The highest BCUT2D eigenvalue weighted by Gasteiger charge is 2.10. The third kappa shape index (κ3) is 1.74. The number of aryl methyl sites for hydroxylation is 1. The van der Waals surface area contributed by atoms with E-state index in [0.29, 0.717) is 0 Å². The molecule has 1 N–H and O–H groups in total. The average molecular weight is 278 g/mol. The Balaban J connectivity index is 1.93. The van der Waals surface area contributed by atoms with Crippen LogP contribution >= 0.6 is 11.3 Å². The number of thiophene rings is 1. The molecule has 2 aromatic carbocycles. The van der Waals surface area contributed by atoms with Crippen LogP contribution in [0.3, 0.4) is 0 Å². The summed E-state index contributed by atoms with van der Waals surface area (Å²) >= 11 is 1.77. The number of rotatable bonds is 2. The maximum atomic E-state index is 4.73. The molecule has 0 saturated carbocycles. The van der Waals surface area contributed by atoms with Gasteiger partial charge < -0.3 is 4.98 Å². The van der Waals surface area contributed by atoms with Gasteiger partial charge in [0.15, 0.2) is 0 Å². The molecule has 4 rings (SSSR count). The summed E-state index contributed by atoms with van der Waals surface area (Å²) in [5.41, 5.74) is 4.69. The molecule has 20 heavy (non-hydrogen) atoms. The zero-order valence-corrected chi connectivity index (χ0v) is 12.0. The monoisotopic (exact) mass is 278 g/mol. The van der Waals surface area contributed by atoms with Crippen LogP contribution in [0.5, 0.6) is 0 Å². The fraction of sp³-hybridized carbons (Fsp3) is 0.118. The van der Waals surface area contributed by atoms with Crippen molar-refractivity contribution in [2.45, 2.75) is 13.3 Å². The first-order valence-electron chi connectivity index (χ1n) is 6.80. The fourth-order valence-corrected chi connectivity index (χ4v) is 3.51. The van der Waals surface area contributed by atoms with Crippen LogP contribution in [0, 0.1) is 0 Å². The smallest absolute Gasteiger partial charge is 0.139 e. The zero-order chi connectivity index (χ0) is 13.5. The molecule has 0 aliphatic rings. The van der Waals surface area contributed by atoms with Gasteiger partial charge in [0, 0.05) is 21.0 Å². The molecule has 0 amide bonds. The molecular weight excluding hydrogens is 264 g/mol. The van der Waals surface area contributed by atoms with Crippen LogP contribution in [0.4, 0.5) is 0 Å². The molecule has 2 nitrogen and oxygen atoms in total. The highest BCUT2D eigenvalue weighted by Crippen LogP contribution is 2.33. The van der Waals surface area contributed by atoms with E-state index >= 15 is 0 Å². The first-order valence-corrected chi connectivity index (χ1v) is 7.68. The Labute approximate surface area is 121 Å². The second-order valence-electron chi connectivity index (χ2n) is 4.94. The third-order valence-corrected chi connectivity index (χ3v) is 4.65. The minimum absolute atomic E-state index is 0.964. The summed E-state index contributed by atoms with van der Waals surface area (Å²) in [6, 6.07) is 14.9. The number of benzene rings is 2. The van der Waals surface area contributed by atoms with Gasteiger partial charge in [0.2, 0.25) is 0 Å². The van der Waals surface area contributed by atoms with Crippen LogP contribution in [0.2, 0.25) is 0 Å². The van der Waals surface area contributed by atoms with Gasteiger partial charge in [-0.3, -0.25) is 0 Å². The fourth-order valence-electron chi connectivity index (χ4n) is 2.57. The highest BCUT2D eigenvalue weighted by atomic mass is 32.1. The molecule has 2 heterocycles. The van der Waals surface area contributed by atoms with E-state index in [4.69, 9.17) is 4.98 Å². The quantitative estimate of drug-likeness (QED) is 0.548. The summed E-state index contributed by atoms with van der Waals surface area (Å²) in [7, 11) is 0. The van der Waals surface area contributed by atoms with E-state index in [1.54, 1.807) is 11.3 Å². The Morgan fingerprint density at radius 1 is 1.15 bits per heavy atom. The number of nitrogens with zero attached hydrogens (tertiary/aromatic N) is 1. The van der Waals surface area contributed by atoms with E-state index in [0.717, 1.165) is 23.3 Å². The van der Waals surface area contributed by atoms with Crippen LogP contribution < -0.4 is 0 Å². The van der Waals surface area contributed by atoms with Gasteiger partial charge in [-0.15, -0.1) is 11.3 Å². The minimum atomic E-state index is 0.964. The van der Waals surface area contributed by atoms with E-state index < -0.39 is 0 Å². The summed E-state index contributed by atoms with van der Waals surface area (Å²) in [4.78, 5) is 8.19. The van der Waals surface area contributed by atoms with Gasteiger partial charge in [0.25, 0.3) is 0 Å². The maximum absolute atomic E-state index is 4.73. The van der Waals surface area contributed by atoms with Gasteiger partial charge in [-0.2, -0.15) is 0 Å². The molecule has 4 aromatic rings. The number of aromatic amines is 1. The Kier molecular flexibility index (Phi) is 2.60. The summed E-state index contributed by atoms with van der Waals surface area (Å²) < 4.78 is 1.30. The second kappa shape index (κ2) is 4.46. The van der Waals surface area contributed by atoms with Gasteiger partial charge in [-0.25, -0.2) is 4.98 Å². The van der Waals surface area contributed by atoms with Crippen molar-refractivity contribution in [1.82, 2.24) is 9.97 Å². The summed E-state index contributed by atoms with van der Waals surface area (Å²) in [6.45, 7) is 2.17. The van der Waals surface area contributed by atoms with E-state index in [1.807, 2.05) is 0 Å². The molecule has 98 valence electrons. The summed E-state index contributed by atoms with van der Waals surface area (Å²) in [5, 5.41) is 3.45. The molecule has 3 heteroatoms. The van der Waals surface area contributed by atoms with Gasteiger partial charge >= 0.3 is 0 Å². The molecule has 0 saturated heterocycles. The number of nitrogens with one attached hydrogen (secondary N) is 1. The minimum Gasteiger partial charge on any atom is -0.338 e. The molecule has 0 fully saturated rings. The van der Waals surface area contributed by atoms with Crippen molar-refractivity contribution < 1.29 is 0 Å². The lowest BCUT2D eigenvalue weighted by Crippen LogP contribution is -1.78. The molecule has 0 atom stereocenters. The average Bonchev–Trinajstić information content (AvgIpc) is 3.09. The number of imidazole rings is 1. The van der Waals surface area contributed by atoms with Crippen molar-refractivity contribution in [1.29, 1.82) is 0 Å². The molecule has 0 aliphatic carbocycles. The Morgan fingerprint density at radius 2 is 2.05 bits per heavy atom. The van der Waals surface area contributed by atoms with Gasteiger partial charge in [-0.05, 0) is 30.2 Å². The standard InChI is InChI=1S/C17H14N2S/c1-2-11-7-8-14-15(9-11)19-17(18-14)13-10-20-16-6-4-3-5-12(13)16/h3-10H,2H2,1H3,(H,18,19). The molecule has 2 aromatic heterocycles. The summed E-state index contributed by atoms with van der Waals surface area (Å²) in [6.07, 6.45) is 1.05. The van der Waals surface area contributed by atoms with Crippen LogP contribution in [-0.4, -0.2) is 9.97 Å². The lowest BCUT2D eigenvalue weighted by atomic mass is 10.1. The van der Waals surface area contributed by atoms with Crippen LogP contribution in [0.1, 0.15) is 12.5 Å². The van der Waals surface area contributed by atoms with Crippen molar-refractivity contribution in [3.8, 4) is 11.4 Å². The first-order chi connectivity index (χ1) is 9.85. The predicted octanol–water partition coefficient (Wildman–Crippen LogP) is 5.01. The first kappa shape index (κ1) is 11.7. The molecule has 0 unspecified atom stereocenters. The van der Waals surface area contributed by atoms with Gasteiger partial charge in [-0.1, -0.05) is 31.2 Å². The van der Waals surface area contributed by atoms with E-state index in [9.17, 15) is 0 Å². The Bertz CT molecular complexity index is 902. The number of aromatic nitrogens is 2. The molecule has 0 aliphatic heterocycles. The zero-order valence-electron chi connectivity index (χ0n) is 11.2. The van der Waals surface area contributed by atoms with Crippen molar-refractivity contribution in [3.05, 3.63) is 53.4 Å².